The molecule has 0 fully saturated rings. The lowest BCUT2D eigenvalue weighted by atomic mass is 10.0. The zero-order valence-electron chi connectivity index (χ0n) is 17.1. The fraction of sp³-hybridized carbons (Fsp3) is 0.143. The molecule has 4 aromatic rings. The molecule has 4 rings (SSSR count). The van der Waals surface area contributed by atoms with Gasteiger partial charge in [0.05, 0.1) is 5.52 Å². The summed E-state index contributed by atoms with van der Waals surface area (Å²) in [6, 6.07) is 8.41. The molecule has 0 spiro atoms. The summed E-state index contributed by atoms with van der Waals surface area (Å²) in [4.78, 5) is 44.2. The molecule has 3 heterocycles. The molecule has 3 aromatic heterocycles. The number of aromatic nitrogens is 5. The third-order valence-electron chi connectivity index (χ3n) is 4.48. The molecule has 0 radical (unpaired) electrons. The highest BCUT2D eigenvalue weighted by molar-refractivity contribution is 5.97. The van der Waals surface area contributed by atoms with Crippen LogP contribution in [-0.2, 0) is 4.74 Å². The van der Waals surface area contributed by atoms with E-state index in [4.69, 9.17) is 10.5 Å². The van der Waals surface area contributed by atoms with Gasteiger partial charge in [0.1, 0.15) is 17.9 Å². The summed E-state index contributed by atoms with van der Waals surface area (Å²) in [6.45, 7) is 2.09. The van der Waals surface area contributed by atoms with Gasteiger partial charge in [0, 0.05) is 36.3 Å². The second-order valence-electron chi connectivity index (χ2n) is 6.59. The smallest absolute Gasteiger partial charge is 0.358 e. The summed E-state index contributed by atoms with van der Waals surface area (Å²) >= 11 is 0. The van der Waals surface area contributed by atoms with Gasteiger partial charge in [-0.1, -0.05) is 6.07 Å². The van der Waals surface area contributed by atoms with Gasteiger partial charge in [-0.25, -0.2) is 29.5 Å². The highest BCUT2D eigenvalue weighted by Gasteiger charge is 2.16. The molecule has 11 nitrogen and oxygen atoms in total. The van der Waals surface area contributed by atoms with E-state index in [9.17, 15) is 9.59 Å². The summed E-state index contributed by atoms with van der Waals surface area (Å²) in [7, 11) is 0. The van der Waals surface area contributed by atoms with Crippen LogP contribution in [0.15, 0.2) is 48.9 Å². The maximum atomic E-state index is 11.9. The minimum Gasteiger partial charge on any atom is -0.445 e. The quantitative estimate of drug-likeness (QED) is 0.266. The number of aromatic amines is 1. The second kappa shape index (κ2) is 9.18. The monoisotopic (exact) mass is 432 g/mol. The Labute approximate surface area is 182 Å². The number of hydrogen-bond donors (Lipinski definition) is 4. The molecule has 11 heteroatoms. The van der Waals surface area contributed by atoms with E-state index in [0.29, 0.717) is 34.9 Å². The Morgan fingerprint density at radius 3 is 2.62 bits per heavy atom. The molecule has 32 heavy (non-hydrogen) atoms. The van der Waals surface area contributed by atoms with E-state index in [1.165, 1.54) is 0 Å². The molecule has 0 aliphatic rings. The number of nitrogens with zero attached hydrogens (tertiary/aromatic N) is 4. The Morgan fingerprint density at radius 2 is 1.94 bits per heavy atom. The third kappa shape index (κ3) is 4.37. The van der Waals surface area contributed by atoms with Crippen molar-refractivity contribution in [1.82, 2.24) is 30.2 Å². The molecule has 0 atom stereocenters. The number of imidazole rings is 1. The highest BCUT2D eigenvalue weighted by atomic mass is 16.5. The van der Waals surface area contributed by atoms with Crippen LogP contribution in [0.1, 0.15) is 17.4 Å². The number of urea groups is 1. The van der Waals surface area contributed by atoms with Crippen molar-refractivity contribution >= 4 is 29.0 Å². The van der Waals surface area contributed by atoms with Crippen molar-refractivity contribution < 1.29 is 14.3 Å². The van der Waals surface area contributed by atoms with Crippen LogP contribution in [0, 0.1) is 0 Å². The first-order valence-electron chi connectivity index (χ1n) is 9.78. The van der Waals surface area contributed by atoms with Gasteiger partial charge < -0.3 is 15.0 Å². The van der Waals surface area contributed by atoms with Crippen LogP contribution < -0.4 is 16.4 Å². The average Bonchev–Trinajstić information content (AvgIpc) is 3.21. The largest absolute Gasteiger partial charge is 0.445 e. The first kappa shape index (κ1) is 20.9. The van der Waals surface area contributed by atoms with Crippen molar-refractivity contribution in [3.8, 4) is 22.5 Å². The fourth-order valence-corrected chi connectivity index (χ4v) is 3.10. The number of anilines is 1. The standard InChI is InChI=1S/C21H20N8O3/c1-2-23-21(31)29-20-27-16-9-13(12-4-5-15(26-10-12)19(30)32-11-22)8-14(17(16)28-20)18-24-6-3-7-25-18/h3-10H,2,11,22H2,1H3,(H3,23,27,28,29,31). The number of amides is 2. The fourth-order valence-electron chi connectivity index (χ4n) is 3.10. The first-order valence-corrected chi connectivity index (χ1v) is 9.78. The van der Waals surface area contributed by atoms with Crippen LogP contribution in [0.4, 0.5) is 10.7 Å². The number of carbonyl (C=O) groups is 2. The number of esters is 1. The molecule has 5 N–H and O–H groups in total. The summed E-state index contributed by atoms with van der Waals surface area (Å²) in [5.41, 5.74) is 8.88. The number of pyridine rings is 1. The summed E-state index contributed by atoms with van der Waals surface area (Å²) in [5, 5.41) is 5.33. The van der Waals surface area contributed by atoms with Gasteiger partial charge in [-0.3, -0.25) is 11.1 Å². The normalized spacial score (nSPS) is 10.7. The molecule has 0 aliphatic heterocycles. The molecule has 1 aromatic carbocycles. The Hall–Kier alpha value is -4.38. The SMILES string of the molecule is CCNC(=O)Nc1nc2c(-c3ncccn3)cc(-c3ccc(C(=O)OCN)nc3)cc2[nH]1. The van der Waals surface area contributed by atoms with Crippen molar-refractivity contribution in [2.45, 2.75) is 6.92 Å². The summed E-state index contributed by atoms with van der Waals surface area (Å²) in [6.07, 6.45) is 4.84. The van der Waals surface area contributed by atoms with Gasteiger partial charge in [0.25, 0.3) is 0 Å². The third-order valence-corrected chi connectivity index (χ3v) is 4.48. The van der Waals surface area contributed by atoms with Gasteiger partial charge in [0.15, 0.2) is 5.82 Å². The number of fused-ring (bicyclic) bond motifs is 1. The minimum atomic E-state index is -0.595. The van der Waals surface area contributed by atoms with Gasteiger partial charge in [-0.05, 0) is 36.8 Å². The maximum Gasteiger partial charge on any atom is 0.358 e. The zero-order chi connectivity index (χ0) is 22.5. The predicted molar refractivity (Wildman–Crippen MR) is 118 cm³/mol. The molecule has 162 valence electrons. The zero-order valence-corrected chi connectivity index (χ0v) is 17.1. The number of nitrogens with two attached hydrogens (primary N) is 1. The lowest BCUT2D eigenvalue weighted by Crippen LogP contribution is -2.28. The van der Waals surface area contributed by atoms with E-state index in [2.05, 4.69) is 35.6 Å². The number of benzene rings is 1. The van der Waals surface area contributed by atoms with Gasteiger partial charge in [-0.2, -0.15) is 0 Å². The van der Waals surface area contributed by atoms with Crippen molar-refractivity contribution in [2.24, 2.45) is 5.73 Å². The average molecular weight is 432 g/mol. The molecule has 2 amide bonds. The van der Waals surface area contributed by atoms with E-state index >= 15 is 0 Å². The molecular weight excluding hydrogens is 412 g/mol. The van der Waals surface area contributed by atoms with Crippen LogP contribution in [0.25, 0.3) is 33.5 Å². The van der Waals surface area contributed by atoms with Crippen LogP contribution in [0.5, 0.6) is 0 Å². The number of nitrogens with one attached hydrogen (secondary N) is 3. The lowest BCUT2D eigenvalue weighted by Gasteiger charge is -2.07. The summed E-state index contributed by atoms with van der Waals surface area (Å²) in [5.74, 6) is 0.173. The van der Waals surface area contributed by atoms with E-state index in [1.54, 1.807) is 36.8 Å². The van der Waals surface area contributed by atoms with E-state index in [-0.39, 0.29) is 18.5 Å². The minimum absolute atomic E-state index is 0.154. The Morgan fingerprint density at radius 1 is 1.12 bits per heavy atom. The van der Waals surface area contributed by atoms with Gasteiger partial charge in [-0.15, -0.1) is 0 Å². The van der Waals surface area contributed by atoms with Gasteiger partial charge in [0.2, 0.25) is 5.95 Å². The van der Waals surface area contributed by atoms with Gasteiger partial charge >= 0.3 is 12.0 Å². The molecule has 0 aliphatic carbocycles. The Bertz CT molecular complexity index is 1260. The number of hydrogen-bond acceptors (Lipinski definition) is 8. The maximum absolute atomic E-state index is 11.9. The molecule has 0 saturated heterocycles. The van der Waals surface area contributed by atoms with Crippen molar-refractivity contribution in [3.63, 3.8) is 0 Å². The van der Waals surface area contributed by atoms with Crippen molar-refractivity contribution in [2.75, 3.05) is 18.6 Å². The number of ether oxygens (including phenoxy) is 1. The van der Waals surface area contributed by atoms with Crippen molar-refractivity contribution in [3.05, 3.63) is 54.6 Å². The Balaban J connectivity index is 1.78. The van der Waals surface area contributed by atoms with Crippen LogP contribution in [0.3, 0.4) is 0 Å². The number of H-pyrrole nitrogens is 1. The number of rotatable bonds is 6. The second-order valence-corrected chi connectivity index (χ2v) is 6.59. The molecule has 0 unspecified atom stereocenters. The van der Waals surface area contributed by atoms with Crippen LogP contribution in [0.2, 0.25) is 0 Å². The topological polar surface area (TPSA) is 161 Å². The first-order chi connectivity index (χ1) is 15.6. The number of carbonyl (C=O) groups excluding carboxylic acids is 2. The van der Waals surface area contributed by atoms with E-state index < -0.39 is 5.97 Å². The van der Waals surface area contributed by atoms with E-state index in [1.807, 2.05) is 19.1 Å². The summed E-state index contributed by atoms with van der Waals surface area (Å²) < 4.78 is 4.77. The molecule has 0 bridgehead atoms. The highest BCUT2D eigenvalue weighted by Crippen LogP contribution is 2.32. The Kier molecular flexibility index (Phi) is 5.99. The van der Waals surface area contributed by atoms with Crippen LogP contribution >= 0.6 is 0 Å². The van der Waals surface area contributed by atoms with E-state index in [0.717, 1.165) is 11.1 Å². The van der Waals surface area contributed by atoms with Crippen LogP contribution in [-0.4, -0.2) is 50.2 Å². The lowest BCUT2D eigenvalue weighted by molar-refractivity contribution is 0.0508. The predicted octanol–water partition coefficient (Wildman–Crippen LogP) is 2.30. The molecular formula is C21H20N8O3. The van der Waals surface area contributed by atoms with Crippen molar-refractivity contribution in [1.29, 1.82) is 0 Å². The molecule has 0 saturated carbocycles.